The minimum atomic E-state index is -1.06. The fourth-order valence-corrected chi connectivity index (χ4v) is 4.63. The number of rotatable bonds is 6. The molecular weight excluding hydrogens is 445 g/mol. The van der Waals surface area contributed by atoms with Crippen molar-refractivity contribution >= 4 is 10.9 Å². The Labute approximate surface area is 203 Å². The van der Waals surface area contributed by atoms with Crippen molar-refractivity contribution in [2.75, 3.05) is 20.1 Å². The van der Waals surface area contributed by atoms with E-state index in [-0.39, 0.29) is 6.10 Å². The van der Waals surface area contributed by atoms with Crippen LogP contribution in [0.5, 0.6) is 11.5 Å². The molecule has 1 saturated carbocycles. The first-order valence-electron chi connectivity index (χ1n) is 12.1. The van der Waals surface area contributed by atoms with Crippen molar-refractivity contribution in [2.45, 2.75) is 37.6 Å². The molecule has 1 aliphatic carbocycles. The molecule has 2 aromatic heterocycles. The van der Waals surface area contributed by atoms with E-state index in [1.165, 1.54) is 0 Å². The molecule has 0 N–H and O–H groups in total. The van der Waals surface area contributed by atoms with E-state index < -0.39 is 12.3 Å². The molecule has 8 heteroatoms. The summed E-state index contributed by atoms with van der Waals surface area (Å²) in [4.78, 5) is 11.2. The van der Waals surface area contributed by atoms with Gasteiger partial charge >= 0.3 is 0 Å². The summed E-state index contributed by atoms with van der Waals surface area (Å²) in [6.45, 7) is 1.16. The van der Waals surface area contributed by atoms with Crippen LogP contribution >= 0.6 is 0 Å². The lowest BCUT2D eigenvalue weighted by atomic mass is 10.0. The second-order valence-electron chi connectivity index (χ2n) is 9.51. The number of likely N-dealkylation sites (tertiary alicyclic amines) is 1. The van der Waals surface area contributed by atoms with E-state index in [1.807, 2.05) is 67.7 Å². The molecule has 6 rings (SSSR count). The first-order valence-corrected chi connectivity index (χ1v) is 12.1. The second kappa shape index (κ2) is 8.92. The zero-order valence-electron chi connectivity index (χ0n) is 19.9. The minimum Gasteiger partial charge on any atom is -0.486 e. The van der Waals surface area contributed by atoms with Gasteiger partial charge in [0, 0.05) is 48.9 Å². The lowest BCUT2D eigenvalue weighted by Gasteiger charge is -2.32. The van der Waals surface area contributed by atoms with Gasteiger partial charge in [0.15, 0.2) is 11.5 Å². The smallest absolute Gasteiger partial charge is 0.163 e. The van der Waals surface area contributed by atoms with Crippen molar-refractivity contribution in [3.05, 3.63) is 55.0 Å². The number of ether oxygens (including phenoxy) is 2. The number of hydrogen-bond acceptors (Lipinski definition) is 6. The van der Waals surface area contributed by atoms with Crippen molar-refractivity contribution in [2.24, 2.45) is 7.05 Å². The average Bonchev–Trinajstić information content (AvgIpc) is 3.59. The van der Waals surface area contributed by atoms with Crippen molar-refractivity contribution in [1.82, 2.24) is 24.6 Å². The lowest BCUT2D eigenvalue weighted by Crippen LogP contribution is -2.45. The van der Waals surface area contributed by atoms with Crippen molar-refractivity contribution < 1.29 is 13.9 Å². The maximum absolute atomic E-state index is 14.8. The number of alkyl halides is 1. The van der Waals surface area contributed by atoms with Crippen LogP contribution in [0.2, 0.25) is 0 Å². The molecule has 0 unspecified atom stereocenters. The van der Waals surface area contributed by atoms with Crippen LogP contribution in [-0.2, 0) is 7.05 Å². The van der Waals surface area contributed by atoms with E-state index in [9.17, 15) is 4.39 Å². The first-order chi connectivity index (χ1) is 17.0. The summed E-state index contributed by atoms with van der Waals surface area (Å²) in [5.74, 6) is 1.16. The highest BCUT2D eigenvalue weighted by Gasteiger charge is 2.32. The number of benzene rings is 2. The molecule has 3 heterocycles. The van der Waals surface area contributed by atoms with Crippen LogP contribution in [0, 0.1) is 0 Å². The van der Waals surface area contributed by atoms with Crippen LogP contribution in [0.25, 0.3) is 33.4 Å². The molecule has 0 spiro atoms. The number of piperidine rings is 1. The number of fused-ring (bicyclic) bond motifs is 1. The Morgan fingerprint density at radius 2 is 1.74 bits per heavy atom. The van der Waals surface area contributed by atoms with Gasteiger partial charge in [-0.15, -0.1) is 0 Å². The minimum absolute atomic E-state index is 0.178. The summed E-state index contributed by atoms with van der Waals surface area (Å²) in [6, 6.07) is 13.9. The Balaban J connectivity index is 1.46. The molecule has 2 fully saturated rings. The highest BCUT2D eigenvalue weighted by atomic mass is 19.1. The van der Waals surface area contributed by atoms with Gasteiger partial charge in [-0.1, -0.05) is 30.3 Å². The summed E-state index contributed by atoms with van der Waals surface area (Å²) in [5, 5.41) is 5.53. The Morgan fingerprint density at radius 3 is 2.51 bits per heavy atom. The highest BCUT2D eigenvalue weighted by Crippen LogP contribution is 2.41. The zero-order chi connectivity index (χ0) is 23.9. The van der Waals surface area contributed by atoms with Crippen LogP contribution in [0.1, 0.15) is 19.3 Å². The third-order valence-electron chi connectivity index (χ3n) is 6.61. The number of hydrogen-bond donors (Lipinski definition) is 0. The summed E-state index contributed by atoms with van der Waals surface area (Å²) < 4.78 is 29.1. The van der Waals surface area contributed by atoms with E-state index in [1.54, 1.807) is 11.0 Å². The predicted octanol–water partition coefficient (Wildman–Crippen LogP) is 4.66. The topological polar surface area (TPSA) is 65.3 Å². The van der Waals surface area contributed by atoms with Gasteiger partial charge in [-0.05, 0) is 32.4 Å². The van der Waals surface area contributed by atoms with E-state index in [2.05, 4.69) is 9.97 Å². The number of nitrogens with zero attached hydrogens (tertiary/aromatic N) is 5. The summed E-state index contributed by atoms with van der Waals surface area (Å²) in [6.07, 6.45) is 4.79. The van der Waals surface area contributed by atoms with Gasteiger partial charge in [0.2, 0.25) is 0 Å². The molecule has 1 saturated heterocycles. The molecule has 4 aromatic rings. The molecule has 180 valence electrons. The Morgan fingerprint density at radius 1 is 0.943 bits per heavy atom. The second-order valence-corrected chi connectivity index (χ2v) is 9.51. The fraction of sp³-hybridized carbons (Fsp3) is 0.370. The van der Waals surface area contributed by atoms with Gasteiger partial charge in [0.05, 0.1) is 17.3 Å². The molecular formula is C27H28FN5O2. The Bertz CT molecular complexity index is 1350. The maximum Gasteiger partial charge on any atom is 0.163 e. The SMILES string of the molecule is CN1CC[C@@H](Oc2cc3c(-c4cn(C)nc4-c4ccccc4)ncnc3cc2OC2CC2)[C@H](F)C1. The number of aromatic nitrogens is 4. The normalized spacial score (nSPS) is 20.8. The van der Waals surface area contributed by atoms with E-state index in [0.717, 1.165) is 52.8 Å². The molecule has 7 nitrogen and oxygen atoms in total. The molecule has 2 aliphatic rings. The first kappa shape index (κ1) is 22.0. The Kier molecular flexibility index (Phi) is 5.60. The molecule has 1 aliphatic heterocycles. The van der Waals surface area contributed by atoms with Crippen LogP contribution in [0.4, 0.5) is 4.39 Å². The quantitative estimate of drug-likeness (QED) is 0.406. The largest absolute Gasteiger partial charge is 0.486 e. The van der Waals surface area contributed by atoms with Crippen LogP contribution in [0.3, 0.4) is 0 Å². The number of aryl methyl sites for hydroxylation is 1. The van der Waals surface area contributed by atoms with Gasteiger partial charge in [0.1, 0.15) is 24.3 Å². The van der Waals surface area contributed by atoms with Gasteiger partial charge in [-0.3, -0.25) is 4.68 Å². The standard InChI is InChI=1S/C27H28FN5O2/c1-32-11-10-23(21(28)15-32)35-24-12-19-22(13-25(24)34-18-8-9-18)29-16-30-27(19)20-14-33(2)31-26(20)17-6-4-3-5-7-17/h3-7,12-14,16,18,21,23H,8-11,15H2,1-2H3/t21-,23-/m1/s1. The molecule has 35 heavy (non-hydrogen) atoms. The van der Waals surface area contributed by atoms with Crippen LogP contribution in [-0.4, -0.2) is 63.2 Å². The lowest BCUT2D eigenvalue weighted by molar-refractivity contribution is 0.0294. The molecule has 0 radical (unpaired) electrons. The number of halogens is 1. The average molecular weight is 474 g/mol. The predicted molar refractivity (Wildman–Crippen MR) is 132 cm³/mol. The van der Waals surface area contributed by atoms with Gasteiger partial charge < -0.3 is 14.4 Å². The molecule has 0 amide bonds. The van der Waals surface area contributed by atoms with Gasteiger partial charge in [0.25, 0.3) is 0 Å². The fourth-order valence-electron chi connectivity index (χ4n) is 4.63. The van der Waals surface area contributed by atoms with Crippen molar-refractivity contribution in [1.29, 1.82) is 0 Å². The summed E-state index contributed by atoms with van der Waals surface area (Å²) in [5.41, 5.74) is 4.25. The van der Waals surface area contributed by atoms with Crippen molar-refractivity contribution in [3.63, 3.8) is 0 Å². The monoisotopic (exact) mass is 473 g/mol. The molecule has 2 atom stereocenters. The van der Waals surface area contributed by atoms with E-state index in [4.69, 9.17) is 14.6 Å². The van der Waals surface area contributed by atoms with Crippen molar-refractivity contribution in [3.8, 4) is 34.0 Å². The molecule has 2 aromatic carbocycles. The van der Waals surface area contributed by atoms with Gasteiger partial charge in [-0.25, -0.2) is 14.4 Å². The molecule has 0 bridgehead atoms. The van der Waals surface area contributed by atoms with Crippen LogP contribution < -0.4 is 9.47 Å². The third-order valence-corrected chi connectivity index (χ3v) is 6.61. The Hall–Kier alpha value is -3.52. The van der Waals surface area contributed by atoms with E-state index in [0.29, 0.717) is 24.5 Å². The van der Waals surface area contributed by atoms with E-state index >= 15 is 0 Å². The summed E-state index contributed by atoms with van der Waals surface area (Å²) >= 11 is 0. The highest BCUT2D eigenvalue weighted by molar-refractivity contribution is 5.97. The zero-order valence-corrected chi connectivity index (χ0v) is 19.9. The van der Waals surface area contributed by atoms with Crippen LogP contribution in [0.15, 0.2) is 55.0 Å². The maximum atomic E-state index is 14.8. The third kappa shape index (κ3) is 4.46. The summed E-state index contributed by atoms with van der Waals surface area (Å²) in [7, 11) is 3.83. The van der Waals surface area contributed by atoms with Gasteiger partial charge in [-0.2, -0.15) is 5.10 Å².